The van der Waals surface area contributed by atoms with Gasteiger partial charge in [-0.3, -0.25) is 19.2 Å². The van der Waals surface area contributed by atoms with Crippen molar-refractivity contribution in [3.63, 3.8) is 0 Å². The molecule has 0 spiro atoms. The second kappa shape index (κ2) is 10.1. The molecule has 1 saturated carbocycles. The van der Waals surface area contributed by atoms with Gasteiger partial charge < -0.3 is 10.8 Å². The van der Waals surface area contributed by atoms with Crippen molar-refractivity contribution in [2.75, 3.05) is 4.90 Å². The van der Waals surface area contributed by atoms with Crippen LogP contribution in [0.15, 0.2) is 78.4 Å². The zero-order chi connectivity index (χ0) is 31.9. The molecule has 45 heavy (non-hydrogen) atoms. The summed E-state index contributed by atoms with van der Waals surface area (Å²) < 4.78 is 0. The van der Waals surface area contributed by atoms with Crippen LogP contribution in [0.4, 0.5) is 10.5 Å². The van der Waals surface area contributed by atoms with Gasteiger partial charge in [0.25, 0.3) is 0 Å². The molecule has 4 aliphatic rings. The number of urea groups is 1. The quantitative estimate of drug-likeness (QED) is 0.314. The van der Waals surface area contributed by atoms with Gasteiger partial charge in [-0.1, -0.05) is 71.8 Å². The summed E-state index contributed by atoms with van der Waals surface area (Å²) in [5, 5.41) is 11.1. The maximum absolute atomic E-state index is 15.2. The van der Waals surface area contributed by atoms with Crippen molar-refractivity contribution in [2.45, 2.75) is 38.0 Å². The standard InChI is InChI=1S/C35H30ClN3O6/c1-17-13-19(14-18(2)29(17)40)28-23-11-12-24-27(32(43)39(30(24)41)34(37)45)25(23)16-26-31(42)38(22-10-6-9-21(36)15-22)33(44)35(26,28)20-7-4-3-5-8-20/h3-11,13-15,24-28,40H,12,16H2,1-2H3,(H2,37,45)/t24-,25+,26-,27-,28-,35+/m0/s1. The first-order valence-corrected chi connectivity index (χ1v) is 15.2. The Bertz CT molecular complexity index is 1850. The molecule has 3 N–H and O–H groups in total. The molecule has 6 atom stereocenters. The van der Waals surface area contributed by atoms with E-state index >= 15 is 4.79 Å². The second-order valence-electron chi connectivity index (χ2n) is 12.4. The normalized spacial score (nSPS) is 29.0. The number of phenols is 1. The number of anilines is 1. The Morgan fingerprint density at radius 1 is 0.911 bits per heavy atom. The van der Waals surface area contributed by atoms with Crippen LogP contribution in [0.2, 0.25) is 5.02 Å². The van der Waals surface area contributed by atoms with Gasteiger partial charge in [0.05, 0.1) is 28.9 Å². The highest BCUT2D eigenvalue weighted by Crippen LogP contribution is 2.64. The fraction of sp³-hybridized carbons (Fsp3) is 0.286. The molecule has 2 aliphatic carbocycles. The van der Waals surface area contributed by atoms with E-state index in [4.69, 9.17) is 17.3 Å². The zero-order valence-electron chi connectivity index (χ0n) is 24.6. The van der Waals surface area contributed by atoms with Gasteiger partial charge in [0.2, 0.25) is 23.6 Å². The van der Waals surface area contributed by atoms with E-state index in [-0.39, 0.29) is 18.6 Å². The first-order chi connectivity index (χ1) is 21.5. The van der Waals surface area contributed by atoms with Gasteiger partial charge in [0.15, 0.2) is 0 Å². The summed E-state index contributed by atoms with van der Waals surface area (Å²) >= 11 is 6.33. The number of aromatic hydroxyl groups is 1. The van der Waals surface area contributed by atoms with Gasteiger partial charge in [-0.05, 0) is 73.1 Å². The fourth-order valence-electron chi connectivity index (χ4n) is 8.49. The number of phenolic OH excluding ortho intramolecular Hbond substituents is 1. The van der Waals surface area contributed by atoms with E-state index in [2.05, 4.69) is 0 Å². The highest BCUT2D eigenvalue weighted by molar-refractivity contribution is 6.32. The Morgan fingerprint density at radius 3 is 2.24 bits per heavy atom. The van der Waals surface area contributed by atoms with E-state index < -0.39 is 64.7 Å². The Morgan fingerprint density at radius 2 is 1.60 bits per heavy atom. The van der Waals surface area contributed by atoms with E-state index in [1.54, 1.807) is 38.1 Å². The monoisotopic (exact) mass is 623 g/mol. The summed E-state index contributed by atoms with van der Waals surface area (Å²) in [5.74, 6) is -6.08. The maximum Gasteiger partial charge on any atom is 0.328 e. The molecule has 9 nitrogen and oxygen atoms in total. The lowest BCUT2D eigenvalue weighted by atomic mass is 9.49. The number of nitrogens with two attached hydrogens (primary N) is 1. The molecule has 2 saturated heterocycles. The molecule has 6 amide bonds. The van der Waals surface area contributed by atoms with Gasteiger partial charge in [-0.25, -0.2) is 9.69 Å². The number of rotatable bonds is 3. The van der Waals surface area contributed by atoms with Gasteiger partial charge in [-0.2, -0.15) is 4.90 Å². The van der Waals surface area contributed by atoms with Crippen LogP contribution in [-0.2, 0) is 24.6 Å². The average molecular weight is 624 g/mol. The number of hydrogen-bond donors (Lipinski definition) is 2. The number of amides is 6. The minimum absolute atomic E-state index is 0.0989. The molecule has 7 rings (SSSR count). The molecule has 0 radical (unpaired) electrons. The fourth-order valence-corrected chi connectivity index (χ4v) is 8.68. The summed E-state index contributed by atoms with van der Waals surface area (Å²) in [6, 6.07) is 18.3. The summed E-state index contributed by atoms with van der Waals surface area (Å²) in [6.07, 6.45) is 2.18. The van der Waals surface area contributed by atoms with Crippen LogP contribution in [0.5, 0.6) is 5.75 Å². The first-order valence-electron chi connectivity index (χ1n) is 14.8. The number of imide groups is 4. The van der Waals surface area contributed by atoms with E-state index in [0.29, 0.717) is 37.9 Å². The van der Waals surface area contributed by atoms with Crippen molar-refractivity contribution >= 4 is 46.9 Å². The third kappa shape index (κ3) is 3.89. The van der Waals surface area contributed by atoms with E-state index in [0.717, 1.165) is 5.57 Å². The molecular weight excluding hydrogens is 594 g/mol. The number of halogens is 1. The number of aryl methyl sites for hydroxylation is 2. The van der Waals surface area contributed by atoms with Crippen molar-refractivity contribution in [3.8, 4) is 5.75 Å². The van der Waals surface area contributed by atoms with Crippen LogP contribution in [0.1, 0.15) is 41.0 Å². The second-order valence-corrected chi connectivity index (χ2v) is 12.9. The first kappa shape index (κ1) is 29.0. The number of carbonyl (C=O) groups is 5. The van der Waals surface area contributed by atoms with Crippen LogP contribution in [0.3, 0.4) is 0 Å². The lowest BCUT2D eigenvalue weighted by Gasteiger charge is -2.51. The lowest BCUT2D eigenvalue weighted by molar-refractivity contribution is -0.136. The number of fused-ring (bicyclic) bond motifs is 4. The van der Waals surface area contributed by atoms with Gasteiger partial charge in [0, 0.05) is 10.9 Å². The van der Waals surface area contributed by atoms with Gasteiger partial charge >= 0.3 is 6.03 Å². The molecule has 0 aromatic heterocycles. The molecule has 0 unspecified atom stereocenters. The van der Waals surface area contributed by atoms with Crippen molar-refractivity contribution in [3.05, 3.63) is 106 Å². The van der Waals surface area contributed by atoms with Crippen LogP contribution in [0, 0.1) is 37.5 Å². The third-order valence-corrected chi connectivity index (χ3v) is 10.5. The minimum Gasteiger partial charge on any atom is -0.507 e. The Balaban J connectivity index is 1.52. The molecule has 2 aliphatic heterocycles. The van der Waals surface area contributed by atoms with Gasteiger partial charge in [0.1, 0.15) is 5.75 Å². The zero-order valence-corrected chi connectivity index (χ0v) is 25.3. The van der Waals surface area contributed by atoms with Crippen LogP contribution < -0.4 is 10.6 Å². The number of hydrogen-bond acceptors (Lipinski definition) is 6. The van der Waals surface area contributed by atoms with E-state index in [1.165, 1.54) is 4.90 Å². The van der Waals surface area contributed by atoms with E-state index in [1.807, 2.05) is 48.5 Å². The number of benzene rings is 3. The minimum atomic E-state index is -1.43. The average Bonchev–Trinajstić information content (AvgIpc) is 3.40. The summed E-state index contributed by atoms with van der Waals surface area (Å²) in [5.41, 5.74) is 7.65. The Hall–Kier alpha value is -4.76. The van der Waals surface area contributed by atoms with Crippen molar-refractivity contribution in [1.29, 1.82) is 0 Å². The number of allylic oxidation sites excluding steroid dienone is 2. The number of nitrogens with zero attached hydrogens (tertiary/aromatic N) is 2. The van der Waals surface area contributed by atoms with Crippen LogP contribution in [-0.4, -0.2) is 39.7 Å². The van der Waals surface area contributed by atoms with Crippen molar-refractivity contribution < 1.29 is 29.1 Å². The summed E-state index contributed by atoms with van der Waals surface area (Å²) in [7, 11) is 0. The molecule has 3 aromatic carbocycles. The Labute approximate surface area is 264 Å². The molecule has 3 aromatic rings. The lowest BCUT2D eigenvalue weighted by Crippen LogP contribution is -2.53. The number of carbonyl (C=O) groups excluding carboxylic acids is 5. The van der Waals surface area contributed by atoms with Crippen LogP contribution in [0.25, 0.3) is 0 Å². The highest BCUT2D eigenvalue weighted by atomic mass is 35.5. The molecule has 10 heteroatoms. The number of primary amides is 1. The van der Waals surface area contributed by atoms with Crippen LogP contribution >= 0.6 is 11.6 Å². The molecule has 2 heterocycles. The maximum atomic E-state index is 15.2. The van der Waals surface area contributed by atoms with Crippen molar-refractivity contribution in [2.24, 2.45) is 29.4 Å². The number of likely N-dealkylation sites (tertiary alicyclic amines) is 1. The largest absolute Gasteiger partial charge is 0.507 e. The summed E-state index contributed by atoms with van der Waals surface area (Å²) in [4.78, 5) is 70.7. The predicted molar refractivity (Wildman–Crippen MR) is 165 cm³/mol. The smallest absolute Gasteiger partial charge is 0.328 e. The van der Waals surface area contributed by atoms with Crippen molar-refractivity contribution in [1.82, 2.24) is 4.90 Å². The topological polar surface area (TPSA) is 138 Å². The SMILES string of the molecule is Cc1cc([C@H]2C3=CC[C@@H]4C(=O)N(C(N)=O)C(=O)[C@@H]4[C@@H]3C[C@H]3C(=O)N(c4cccc(Cl)c4)C(=O)[C@@]23c2ccccc2)cc(C)c1O. The molecular formula is C35H30ClN3O6. The van der Waals surface area contributed by atoms with E-state index in [9.17, 15) is 24.3 Å². The predicted octanol–water partition coefficient (Wildman–Crippen LogP) is 4.90. The summed E-state index contributed by atoms with van der Waals surface area (Å²) in [6.45, 7) is 3.54. The molecule has 0 bridgehead atoms. The third-order valence-electron chi connectivity index (χ3n) is 10.2. The highest BCUT2D eigenvalue weighted by Gasteiger charge is 2.70. The van der Waals surface area contributed by atoms with Gasteiger partial charge in [-0.15, -0.1) is 0 Å². The molecule has 228 valence electrons. The Kier molecular flexibility index (Phi) is 6.53. The molecule has 3 fully saturated rings.